The monoisotopic (exact) mass is 391 g/mol. The van der Waals surface area contributed by atoms with Crippen LogP contribution in [0.15, 0.2) is 36.4 Å². The van der Waals surface area contributed by atoms with Crippen LogP contribution in [0.25, 0.3) is 0 Å². The number of hydrogen-bond donors (Lipinski definition) is 0. The van der Waals surface area contributed by atoms with Crippen molar-refractivity contribution in [2.75, 3.05) is 32.1 Å². The average molecular weight is 391 g/mol. The van der Waals surface area contributed by atoms with Crippen molar-refractivity contribution < 1.29 is 23.0 Å². The van der Waals surface area contributed by atoms with Gasteiger partial charge in [-0.2, -0.15) is 11.8 Å². The van der Waals surface area contributed by atoms with Crippen LogP contribution >= 0.6 is 11.8 Å². The van der Waals surface area contributed by atoms with Gasteiger partial charge in [0.25, 0.3) is 5.91 Å². The predicted molar refractivity (Wildman–Crippen MR) is 99.5 cm³/mol. The summed E-state index contributed by atoms with van der Waals surface area (Å²) in [7, 11) is 0. The molecule has 7 heteroatoms. The Labute approximate surface area is 160 Å². The molecule has 2 aliphatic heterocycles. The Bertz CT molecular complexity index is 861. The number of fused-ring (bicyclic) bond motifs is 1. The molecule has 2 aliphatic rings. The van der Waals surface area contributed by atoms with Crippen molar-refractivity contribution in [3.8, 4) is 11.5 Å². The van der Waals surface area contributed by atoms with Gasteiger partial charge in [-0.05, 0) is 36.8 Å². The number of para-hydroxylation sites is 1. The molecular weight excluding hydrogens is 372 g/mol. The van der Waals surface area contributed by atoms with Crippen LogP contribution in [0.5, 0.6) is 11.5 Å². The third-order valence-corrected chi connectivity index (χ3v) is 6.04. The van der Waals surface area contributed by atoms with Crippen LogP contribution in [0, 0.1) is 11.6 Å². The maximum Gasteiger partial charge on any atom is 0.257 e. The summed E-state index contributed by atoms with van der Waals surface area (Å²) in [5, 5.41) is -0.178. The van der Waals surface area contributed by atoms with Crippen LogP contribution in [0.2, 0.25) is 0 Å². The molecule has 4 rings (SSSR count). The molecule has 1 atom stereocenters. The van der Waals surface area contributed by atoms with E-state index in [1.54, 1.807) is 34.9 Å². The van der Waals surface area contributed by atoms with E-state index in [1.165, 1.54) is 6.07 Å². The van der Waals surface area contributed by atoms with E-state index in [-0.39, 0.29) is 11.2 Å². The van der Waals surface area contributed by atoms with Crippen molar-refractivity contribution in [3.63, 3.8) is 0 Å². The molecule has 4 nitrogen and oxygen atoms in total. The Kier molecular flexibility index (Phi) is 5.20. The number of carbonyl (C=O) groups excluding carboxylic acids is 1. The third kappa shape index (κ3) is 3.74. The average Bonchev–Trinajstić information content (AvgIpc) is 2.95. The third-order valence-electron chi connectivity index (χ3n) is 4.73. The second kappa shape index (κ2) is 7.76. The quantitative estimate of drug-likeness (QED) is 0.774. The van der Waals surface area contributed by atoms with Crippen molar-refractivity contribution >= 4 is 17.7 Å². The first-order chi connectivity index (χ1) is 13.1. The predicted octanol–water partition coefficient (Wildman–Crippen LogP) is 4.06. The van der Waals surface area contributed by atoms with Crippen LogP contribution in [0.4, 0.5) is 8.78 Å². The Morgan fingerprint density at radius 1 is 1.11 bits per heavy atom. The number of ether oxygens (including phenoxy) is 2. The van der Waals surface area contributed by atoms with Crippen molar-refractivity contribution in [1.29, 1.82) is 0 Å². The molecule has 0 bridgehead atoms. The van der Waals surface area contributed by atoms with E-state index in [9.17, 15) is 13.6 Å². The van der Waals surface area contributed by atoms with Gasteiger partial charge in [-0.1, -0.05) is 6.07 Å². The van der Waals surface area contributed by atoms with Gasteiger partial charge in [0.15, 0.2) is 11.5 Å². The highest BCUT2D eigenvalue weighted by Crippen LogP contribution is 2.38. The molecule has 0 spiro atoms. The molecule has 2 aromatic carbocycles. The topological polar surface area (TPSA) is 38.8 Å². The van der Waals surface area contributed by atoms with Crippen LogP contribution < -0.4 is 9.47 Å². The molecule has 0 unspecified atom stereocenters. The first kappa shape index (κ1) is 18.1. The van der Waals surface area contributed by atoms with E-state index in [4.69, 9.17) is 9.47 Å². The molecule has 1 fully saturated rings. The number of carbonyl (C=O) groups is 1. The van der Waals surface area contributed by atoms with Crippen molar-refractivity contribution in [2.24, 2.45) is 0 Å². The zero-order valence-electron chi connectivity index (χ0n) is 14.6. The number of nitrogens with zero attached hydrogens (tertiary/aromatic N) is 1. The standard InChI is InChI=1S/C20H19F2NO3S/c21-13-4-5-16(22)15(12-13)18-6-7-23(8-11-27-18)20(24)14-2-1-3-17-19(14)26-10-9-25-17/h1-5,12,18H,6-11H2/t18-/m0/s1. The van der Waals surface area contributed by atoms with E-state index < -0.39 is 11.6 Å². The van der Waals surface area contributed by atoms with Gasteiger partial charge in [0, 0.05) is 29.7 Å². The molecule has 0 aliphatic carbocycles. The lowest BCUT2D eigenvalue weighted by atomic mass is 10.1. The van der Waals surface area contributed by atoms with E-state index in [1.807, 2.05) is 0 Å². The van der Waals surface area contributed by atoms with E-state index >= 15 is 0 Å². The summed E-state index contributed by atoms with van der Waals surface area (Å²) >= 11 is 1.55. The molecule has 0 N–H and O–H groups in total. The van der Waals surface area contributed by atoms with E-state index in [2.05, 4.69) is 0 Å². The molecule has 2 aromatic rings. The number of thioether (sulfide) groups is 1. The van der Waals surface area contributed by atoms with Crippen LogP contribution in [0.1, 0.15) is 27.6 Å². The zero-order chi connectivity index (χ0) is 18.8. The molecular formula is C20H19F2NO3S. The van der Waals surface area contributed by atoms with Gasteiger partial charge in [-0.3, -0.25) is 4.79 Å². The van der Waals surface area contributed by atoms with Crippen molar-refractivity contribution in [1.82, 2.24) is 4.90 Å². The normalized spacial score (nSPS) is 19.5. The highest BCUT2D eigenvalue weighted by Gasteiger charge is 2.28. The van der Waals surface area contributed by atoms with Gasteiger partial charge in [-0.25, -0.2) is 8.78 Å². The molecule has 1 saturated heterocycles. The van der Waals surface area contributed by atoms with Gasteiger partial charge in [-0.15, -0.1) is 0 Å². The summed E-state index contributed by atoms with van der Waals surface area (Å²) in [6.07, 6.45) is 0.559. The zero-order valence-corrected chi connectivity index (χ0v) is 15.4. The van der Waals surface area contributed by atoms with Crippen LogP contribution in [0.3, 0.4) is 0 Å². The number of benzene rings is 2. The Morgan fingerprint density at radius 3 is 2.85 bits per heavy atom. The number of hydrogen-bond acceptors (Lipinski definition) is 4. The van der Waals surface area contributed by atoms with Gasteiger partial charge in [0.1, 0.15) is 24.8 Å². The fraction of sp³-hybridized carbons (Fsp3) is 0.350. The van der Waals surface area contributed by atoms with Gasteiger partial charge >= 0.3 is 0 Å². The molecule has 0 aromatic heterocycles. The minimum absolute atomic E-state index is 0.127. The minimum Gasteiger partial charge on any atom is -0.486 e. The van der Waals surface area contributed by atoms with Gasteiger partial charge < -0.3 is 14.4 Å². The highest BCUT2D eigenvalue weighted by molar-refractivity contribution is 7.99. The lowest BCUT2D eigenvalue weighted by Crippen LogP contribution is -2.33. The molecule has 2 heterocycles. The highest BCUT2D eigenvalue weighted by atomic mass is 32.2. The Hall–Kier alpha value is -2.28. The van der Waals surface area contributed by atoms with Crippen molar-refractivity contribution in [3.05, 3.63) is 59.2 Å². The molecule has 142 valence electrons. The van der Waals surface area contributed by atoms with E-state index in [0.717, 1.165) is 12.1 Å². The summed E-state index contributed by atoms with van der Waals surface area (Å²) in [6, 6.07) is 8.83. The largest absolute Gasteiger partial charge is 0.486 e. The van der Waals surface area contributed by atoms with Gasteiger partial charge in [0.2, 0.25) is 0 Å². The second-order valence-corrected chi connectivity index (χ2v) is 7.75. The summed E-state index contributed by atoms with van der Waals surface area (Å²) in [4.78, 5) is 14.8. The first-order valence-electron chi connectivity index (χ1n) is 8.88. The minimum atomic E-state index is -0.447. The molecule has 0 saturated carbocycles. The molecule has 1 amide bonds. The summed E-state index contributed by atoms with van der Waals surface area (Å²) < 4.78 is 38.8. The fourth-order valence-electron chi connectivity index (χ4n) is 3.40. The number of rotatable bonds is 2. The van der Waals surface area contributed by atoms with Crippen molar-refractivity contribution in [2.45, 2.75) is 11.7 Å². The van der Waals surface area contributed by atoms with Gasteiger partial charge in [0.05, 0.1) is 5.56 Å². The maximum atomic E-state index is 14.1. The molecule has 27 heavy (non-hydrogen) atoms. The second-order valence-electron chi connectivity index (χ2n) is 6.44. The smallest absolute Gasteiger partial charge is 0.257 e. The number of halogens is 2. The Morgan fingerprint density at radius 2 is 1.96 bits per heavy atom. The number of amides is 1. The lowest BCUT2D eigenvalue weighted by molar-refractivity contribution is 0.0756. The maximum absolute atomic E-state index is 14.1. The van der Waals surface area contributed by atoms with E-state index in [0.29, 0.717) is 61.1 Å². The summed E-state index contributed by atoms with van der Waals surface area (Å²) in [5.74, 6) is 0.736. The lowest BCUT2D eigenvalue weighted by Gasteiger charge is -2.24. The first-order valence-corrected chi connectivity index (χ1v) is 9.93. The van der Waals surface area contributed by atoms with Crippen LogP contribution in [-0.2, 0) is 0 Å². The van der Waals surface area contributed by atoms with Crippen LogP contribution in [-0.4, -0.2) is 42.9 Å². The molecule has 0 radical (unpaired) electrons. The fourth-order valence-corrected chi connectivity index (χ4v) is 4.64. The SMILES string of the molecule is O=C(c1cccc2c1OCCO2)N1CCS[C@H](c2cc(F)ccc2F)CC1. The summed E-state index contributed by atoms with van der Waals surface area (Å²) in [6.45, 7) is 1.89. The Balaban J connectivity index is 1.52. The summed E-state index contributed by atoms with van der Waals surface area (Å²) in [5.41, 5.74) is 0.843.